The number of halogens is 1. The fourth-order valence-electron chi connectivity index (χ4n) is 1.26. The maximum absolute atomic E-state index is 12.4. The Labute approximate surface area is 74.7 Å². The number of fused-ring (bicyclic) bond motifs is 1. The molecule has 2 heteroatoms. The molecule has 0 nitrogen and oxygen atoms in total. The van der Waals surface area contributed by atoms with Crippen LogP contribution in [0.15, 0.2) is 47.4 Å². The van der Waals surface area contributed by atoms with Gasteiger partial charge in [-0.2, -0.15) is 3.89 Å². The molecule has 0 aliphatic heterocycles. The lowest BCUT2D eigenvalue weighted by atomic mass is 10.1. The molecule has 0 unspecified atom stereocenters. The Morgan fingerprint density at radius 3 is 2.50 bits per heavy atom. The van der Waals surface area contributed by atoms with Crippen molar-refractivity contribution < 1.29 is 3.89 Å². The van der Waals surface area contributed by atoms with Crippen molar-refractivity contribution in [2.24, 2.45) is 0 Å². The standard InChI is InChI=1S/C10H7FS/c11-12-10-7-3-5-8-4-1-2-6-9(8)10/h1-7H. The normalized spacial score (nSPS) is 10.4. The van der Waals surface area contributed by atoms with Crippen LogP contribution in [0.25, 0.3) is 10.8 Å². The molecule has 2 aromatic carbocycles. The van der Waals surface area contributed by atoms with E-state index in [9.17, 15) is 3.89 Å². The SMILES string of the molecule is FSc1cccc2ccccc12. The van der Waals surface area contributed by atoms with Crippen molar-refractivity contribution in [3.63, 3.8) is 0 Å². The van der Waals surface area contributed by atoms with E-state index < -0.39 is 0 Å². The first-order valence-corrected chi connectivity index (χ1v) is 4.40. The molecule has 60 valence electrons. The van der Waals surface area contributed by atoms with E-state index in [0.29, 0.717) is 17.0 Å². The molecule has 0 radical (unpaired) electrons. The van der Waals surface area contributed by atoms with Crippen molar-refractivity contribution in [3.8, 4) is 0 Å². The van der Waals surface area contributed by atoms with Gasteiger partial charge < -0.3 is 0 Å². The average molecular weight is 178 g/mol. The maximum atomic E-state index is 12.4. The van der Waals surface area contributed by atoms with Crippen molar-refractivity contribution in [3.05, 3.63) is 42.5 Å². The lowest BCUT2D eigenvalue weighted by Gasteiger charge is -1.99. The summed E-state index contributed by atoms with van der Waals surface area (Å²) in [6, 6.07) is 13.4. The van der Waals surface area contributed by atoms with Gasteiger partial charge in [0.25, 0.3) is 0 Å². The molecule has 0 heterocycles. The molecule has 0 atom stereocenters. The van der Waals surface area contributed by atoms with E-state index in [2.05, 4.69) is 0 Å². The Bertz CT molecular complexity index is 392. The number of rotatable bonds is 1. The van der Waals surface area contributed by atoms with Gasteiger partial charge in [-0.25, -0.2) is 0 Å². The zero-order valence-electron chi connectivity index (χ0n) is 6.33. The summed E-state index contributed by atoms with van der Waals surface area (Å²) < 4.78 is 12.4. The van der Waals surface area contributed by atoms with Crippen LogP contribution in [-0.2, 0) is 0 Å². The van der Waals surface area contributed by atoms with Crippen molar-refractivity contribution in [1.29, 1.82) is 0 Å². The van der Waals surface area contributed by atoms with Gasteiger partial charge in [0.15, 0.2) is 0 Å². The third-order valence-corrected chi connectivity index (χ3v) is 2.35. The second kappa shape index (κ2) is 3.15. The fraction of sp³-hybridized carbons (Fsp3) is 0. The molecular formula is C10H7FS. The molecule has 0 spiro atoms. The Balaban J connectivity index is 2.79. The summed E-state index contributed by atoms with van der Waals surface area (Å²) in [5.41, 5.74) is 0. The predicted molar refractivity (Wildman–Crippen MR) is 50.9 cm³/mol. The van der Waals surface area contributed by atoms with E-state index in [1.165, 1.54) is 0 Å². The van der Waals surface area contributed by atoms with E-state index in [1.807, 2.05) is 36.4 Å². The second-order valence-electron chi connectivity index (χ2n) is 2.55. The molecule has 0 saturated heterocycles. The third-order valence-electron chi connectivity index (χ3n) is 1.83. The highest BCUT2D eigenvalue weighted by atomic mass is 32.2. The van der Waals surface area contributed by atoms with Crippen molar-refractivity contribution >= 4 is 22.9 Å². The molecule has 0 saturated carbocycles. The van der Waals surface area contributed by atoms with Gasteiger partial charge in [-0.3, -0.25) is 0 Å². The van der Waals surface area contributed by atoms with E-state index >= 15 is 0 Å². The summed E-state index contributed by atoms with van der Waals surface area (Å²) in [5.74, 6) is 0. The smallest absolute Gasteiger partial charge is 0.0818 e. The van der Waals surface area contributed by atoms with Crippen LogP contribution < -0.4 is 0 Å². The zero-order valence-corrected chi connectivity index (χ0v) is 7.14. The van der Waals surface area contributed by atoms with Crippen LogP contribution in [0, 0.1) is 0 Å². The molecule has 0 aromatic heterocycles. The Kier molecular flexibility index (Phi) is 2.00. The minimum Gasteiger partial charge on any atom is -0.160 e. The van der Waals surface area contributed by atoms with Crippen LogP contribution in [0.5, 0.6) is 0 Å². The van der Waals surface area contributed by atoms with Crippen molar-refractivity contribution in [1.82, 2.24) is 0 Å². The van der Waals surface area contributed by atoms with Gasteiger partial charge in [0.1, 0.15) is 0 Å². The van der Waals surface area contributed by atoms with Crippen LogP contribution in [0.2, 0.25) is 0 Å². The number of benzene rings is 2. The lowest BCUT2D eigenvalue weighted by molar-refractivity contribution is 0.936. The number of hydrogen-bond acceptors (Lipinski definition) is 1. The van der Waals surface area contributed by atoms with E-state index in [-0.39, 0.29) is 0 Å². The van der Waals surface area contributed by atoms with Gasteiger partial charge in [-0.15, -0.1) is 0 Å². The summed E-state index contributed by atoms with van der Waals surface area (Å²) in [6.45, 7) is 0. The molecule has 0 bridgehead atoms. The minimum atomic E-state index is 0.298. The first-order valence-electron chi connectivity index (χ1n) is 3.68. The first-order chi connectivity index (χ1) is 5.92. The van der Waals surface area contributed by atoms with Crippen LogP contribution >= 0.6 is 12.1 Å². The summed E-state index contributed by atoms with van der Waals surface area (Å²) in [6.07, 6.45) is 0. The molecule has 12 heavy (non-hydrogen) atoms. The van der Waals surface area contributed by atoms with Gasteiger partial charge in [-0.1, -0.05) is 36.4 Å². The predicted octanol–water partition coefficient (Wildman–Crippen LogP) is 3.82. The van der Waals surface area contributed by atoms with Crippen molar-refractivity contribution in [2.75, 3.05) is 0 Å². The number of hydrogen-bond donors (Lipinski definition) is 0. The topological polar surface area (TPSA) is 0 Å². The molecule has 0 aliphatic rings. The summed E-state index contributed by atoms with van der Waals surface area (Å²) >= 11 is 0.298. The molecule has 0 aliphatic carbocycles. The van der Waals surface area contributed by atoms with E-state index in [1.54, 1.807) is 6.07 Å². The highest BCUT2D eigenvalue weighted by molar-refractivity contribution is 7.94. The van der Waals surface area contributed by atoms with Gasteiger partial charge in [0.2, 0.25) is 0 Å². The second-order valence-corrected chi connectivity index (χ2v) is 3.15. The lowest BCUT2D eigenvalue weighted by Crippen LogP contribution is -1.73. The average Bonchev–Trinajstić information content (AvgIpc) is 2.17. The monoisotopic (exact) mass is 178 g/mol. The van der Waals surface area contributed by atoms with Crippen LogP contribution in [0.4, 0.5) is 3.89 Å². The molecule has 2 aromatic rings. The quantitative estimate of drug-likeness (QED) is 0.639. The summed E-state index contributed by atoms with van der Waals surface area (Å²) in [4.78, 5) is 0.688. The Morgan fingerprint density at radius 2 is 1.67 bits per heavy atom. The van der Waals surface area contributed by atoms with Gasteiger partial charge in [-0.05, 0) is 16.8 Å². The largest absolute Gasteiger partial charge is 0.160 e. The van der Waals surface area contributed by atoms with Crippen LogP contribution in [-0.4, -0.2) is 0 Å². The maximum Gasteiger partial charge on any atom is 0.0818 e. The third kappa shape index (κ3) is 1.18. The highest BCUT2D eigenvalue weighted by Crippen LogP contribution is 2.27. The first kappa shape index (κ1) is 7.62. The molecular weight excluding hydrogens is 171 g/mol. The van der Waals surface area contributed by atoms with Crippen molar-refractivity contribution in [2.45, 2.75) is 4.90 Å². The van der Waals surface area contributed by atoms with Crippen LogP contribution in [0.1, 0.15) is 0 Å². The molecule has 0 N–H and O–H groups in total. The van der Waals surface area contributed by atoms with E-state index in [0.717, 1.165) is 10.8 Å². The van der Waals surface area contributed by atoms with E-state index in [4.69, 9.17) is 0 Å². The fourth-order valence-corrected chi connectivity index (χ4v) is 1.66. The summed E-state index contributed by atoms with van der Waals surface area (Å²) in [5, 5.41) is 2.06. The highest BCUT2D eigenvalue weighted by Gasteiger charge is 1.98. The van der Waals surface area contributed by atoms with Gasteiger partial charge in [0.05, 0.1) is 12.1 Å². The molecule has 2 rings (SSSR count). The van der Waals surface area contributed by atoms with Gasteiger partial charge >= 0.3 is 0 Å². The molecule has 0 amide bonds. The van der Waals surface area contributed by atoms with Gasteiger partial charge in [0, 0.05) is 4.90 Å². The Hall–Kier alpha value is -1.02. The minimum absolute atomic E-state index is 0.298. The zero-order chi connectivity index (χ0) is 8.39. The van der Waals surface area contributed by atoms with Crippen LogP contribution in [0.3, 0.4) is 0 Å². The Morgan fingerprint density at radius 1 is 0.917 bits per heavy atom. The molecule has 0 fully saturated rings. The summed E-state index contributed by atoms with van der Waals surface area (Å²) in [7, 11) is 0.